The predicted molar refractivity (Wildman–Crippen MR) is 180 cm³/mol. The molecular formula is C36H42ClF2N5O3. The molecule has 2 bridgehead atoms. The normalized spacial score (nSPS) is 26.7. The van der Waals surface area contributed by atoms with Crippen LogP contribution in [-0.2, 0) is 4.79 Å². The van der Waals surface area contributed by atoms with Crippen molar-refractivity contribution in [3.05, 3.63) is 53.3 Å². The highest BCUT2D eigenvalue weighted by Gasteiger charge is 2.49. The van der Waals surface area contributed by atoms with Crippen molar-refractivity contribution in [2.75, 3.05) is 37.7 Å². The third kappa shape index (κ3) is 5.61. The molecule has 4 unspecified atom stereocenters. The number of rotatable bonds is 7. The molecule has 4 saturated heterocycles. The first-order valence-electron chi connectivity index (χ1n) is 17.0. The number of halogens is 3. The summed E-state index contributed by atoms with van der Waals surface area (Å²) in [6, 6.07) is 6.65. The molecule has 5 fully saturated rings. The number of amides is 1. The summed E-state index contributed by atoms with van der Waals surface area (Å²) in [4.78, 5) is 28.3. The SMILES string of the molecule is C=CC(=O)N1C2CCC1CN(c1nc(OCC34CCCN3CC(F)C4)nc3c(F)c(-c4cc(O)cc(Cl)c4C4CC4)ccc13)C2.CC. The third-order valence-electron chi connectivity index (χ3n) is 10.6. The molecule has 8 rings (SSSR count). The second-order valence-corrected chi connectivity index (χ2v) is 13.8. The van der Waals surface area contributed by atoms with Crippen LogP contribution in [0.2, 0.25) is 5.02 Å². The molecule has 11 heteroatoms. The van der Waals surface area contributed by atoms with Crippen molar-refractivity contribution in [2.24, 2.45) is 0 Å². The number of anilines is 1. The van der Waals surface area contributed by atoms with Crippen LogP contribution < -0.4 is 9.64 Å². The van der Waals surface area contributed by atoms with Crippen molar-refractivity contribution >= 4 is 34.2 Å². The van der Waals surface area contributed by atoms with E-state index in [1.165, 1.54) is 12.1 Å². The van der Waals surface area contributed by atoms with E-state index in [1.807, 2.05) is 24.8 Å². The van der Waals surface area contributed by atoms with Gasteiger partial charge in [-0.15, -0.1) is 0 Å². The number of alkyl halides is 1. The average molecular weight is 666 g/mol. The Hall–Kier alpha value is -3.50. The Morgan fingerprint density at radius 2 is 1.87 bits per heavy atom. The molecule has 1 N–H and O–H groups in total. The highest BCUT2D eigenvalue weighted by molar-refractivity contribution is 6.32. The first-order valence-corrected chi connectivity index (χ1v) is 17.4. The van der Waals surface area contributed by atoms with Crippen molar-refractivity contribution in [3.63, 3.8) is 0 Å². The summed E-state index contributed by atoms with van der Waals surface area (Å²) in [5.74, 6) is 0.117. The Balaban J connectivity index is 0.00000172. The van der Waals surface area contributed by atoms with Gasteiger partial charge in [0.05, 0.1) is 5.54 Å². The number of piperazine rings is 1. The molecule has 47 heavy (non-hydrogen) atoms. The average Bonchev–Trinajstić information content (AvgIpc) is 3.67. The van der Waals surface area contributed by atoms with Crippen LogP contribution in [0.4, 0.5) is 14.6 Å². The van der Waals surface area contributed by atoms with Crippen molar-refractivity contribution in [1.82, 2.24) is 19.8 Å². The first kappa shape index (κ1) is 32.1. The topological polar surface area (TPSA) is 82.0 Å². The summed E-state index contributed by atoms with van der Waals surface area (Å²) >= 11 is 6.58. The summed E-state index contributed by atoms with van der Waals surface area (Å²) < 4.78 is 37.5. The first-order chi connectivity index (χ1) is 22.7. The van der Waals surface area contributed by atoms with E-state index < -0.39 is 17.5 Å². The van der Waals surface area contributed by atoms with Crippen molar-refractivity contribution in [3.8, 4) is 22.9 Å². The van der Waals surface area contributed by atoms with Gasteiger partial charge in [0, 0.05) is 54.1 Å². The van der Waals surface area contributed by atoms with Crippen molar-refractivity contribution < 1.29 is 23.4 Å². The Bertz CT molecular complexity index is 1710. The zero-order chi connectivity index (χ0) is 33.0. The van der Waals surface area contributed by atoms with Gasteiger partial charge in [0.2, 0.25) is 5.91 Å². The smallest absolute Gasteiger partial charge is 0.319 e. The fourth-order valence-corrected chi connectivity index (χ4v) is 8.81. The Kier molecular flexibility index (Phi) is 8.53. The molecule has 0 radical (unpaired) electrons. The van der Waals surface area contributed by atoms with Crippen molar-refractivity contribution in [1.29, 1.82) is 0 Å². The van der Waals surface area contributed by atoms with E-state index in [9.17, 15) is 14.3 Å². The van der Waals surface area contributed by atoms with Gasteiger partial charge >= 0.3 is 6.01 Å². The number of hydrogen-bond acceptors (Lipinski definition) is 7. The van der Waals surface area contributed by atoms with Crippen LogP contribution in [-0.4, -0.2) is 87.4 Å². The number of aromatic hydroxyl groups is 1. The highest BCUT2D eigenvalue weighted by Crippen LogP contribution is 2.50. The van der Waals surface area contributed by atoms with E-state index >= 15 is 4.39 Å². The molecule has 5 aliphatic rings. The molecule has 1 amide bonds. The van der Waals surface area contributed by atoms with Gasteiger partial charge in [-0.3, -0.25) is 9.69 Å². The van der Waals surface area contributed by atoms with Crippen LogP contribution in [0.1, 0.15) is 70.3 Å². The molecule has 1 aliphatic carbocycles. The van der Waals surface area contributed by atoms with E-state index in [4.69, 9.17) is 21.3 Å². The quantitative estimate of drug-likeness (QED) is 0.272. The van der Waals surface area contributed by atoms with Crippen LogP contribution in [0.5, 0.6) is 11.8 Å². The standard InChI is InChI=1S/C34H36ClF2N5O3.C2H6/c1-2-28(44)42-21-6-7-22(42)17-40(16-21)32-25-9-8-24(26-12-23(43)13-27(35)29(26)19-4-5-19)30(37)31(25)38-33(39-32)45-18-34-10-3-11-41(34)15-20(36)14-34;1-2/h2,8-9,12-13,19-22,43H,1,3-7,10-11,14-18H2;1-2H3. The maximum atomic E-state index is 16.8. The van der Waals surface area contributed by atoms with Crippen molar-refractivity contribution in [2.45, 2.75) is 88.5 Å². The molecule has 0 spiro atoms. The highest BCUT2D eigenvalue weighted by atomic mass is 35.5. The lowest BCUT2D eigenvalue weighted by Gasteiger charge is -2.41. The van der Waals surface area contributed by atoms with Gasteiger partial charge in [-0.1, -0.05) is 38.1 Å². The maximum absolute atomic E-state index is 16.8. The molecule has 8 nitrogen and oxygen atoms in total. The number of fused-ring (bicyclic) bond motifs is 4. The minimum atomic E-state index is -0.901. The lowest BCUT2D eigenvalue weighted by Crippen LogP contribution is -2.55. The van der Waals surface area contributed by atoms with Crippen LogP contribution in [0, 0.1) is 5.82 Å². The van der Waals surface area contributed by atoms with Gasteiger partial charge in [-0.25, -0.2) is 8.78 Å². The van der Waals surface area contributed by atoms with Crippen LogP contribution in [0.15, 0.2) is 36.9 Å². The molecule has 250 valence electrons. The van der Waals surface area contributed by atoms with Gasteiger partial charge in [-0.05, 0) is 86.4 Å². The zero-order valence-corrected chi connectivity index (χ0v) is 27.8. The number of carbonyl (C=O) groups excluding carboxylic acids is 1. The summed E-state index contributed by atoms with van der Waals surface area (Å²) in [6.45, 7) is 10.2. The van der Waals surface area contributed by atoms with Crippen LogP contribution in [0.25, 0.3) is 22.0 Å². The summed E-state index contributed by atoms with van der Waals surface area (Å²) in [5, 5.41) is 11.4. The van der Waals surface area contributed by atoms with Gasteiger partial charge < -0.3 is 19.6 Å². The number of benzene rings is 2. The molecule has 5 heterocycles. The van der Waals surface area contributed by atoms with E-state index in [2.05, 4.69) is 21.4 Å². The second kappa shape index (κ2) is 12.5. The maximum Gasteiger partial charge on any atom is 0.319 e. The number of carbonyl (C=O) groups is 1. The molecule has 3 aromatic rings. The Morgan fingerprint density at radius 1 is 1.13 bits per heavy atom. The molecule has 1 aromatic heterocycles. The number of hydrogen-bond donors (Lipinski definition) is 1. The van der Waals surface area contributed by atoms with E-state index in [-0.39, 0.29) is 47.8 Å². The second-order valence-electron chi connectivity index (χ2n) is 13.4. The zero-order valence-electron chi connectivity index (χ0n) is 27.0. The largest absolute Gasteiger partial charge is 0.508 e. The lowest BCUT2D eigenvalue weighted by atomic mass is 9.94. The predicted octanol–water partition coefficient (Wildman–Crippen LogP) is 7.02. The summed E-state index contributed by atoms with van der Waals surface area (Å²) in [5.41, 5.74) is 1.39. The van der Waals surface area contributed by atoms with Gasteiger partial charge in [0.1, 0.15) is 29.9 Å². The molecule has 2 aromatic carbocycles. The lowest BCUT2D eigenvalue weighted by molar-refractivity contribution is -0.129. The fourth-order valence-electron chi connectivity index (χ4n) is 8.44. The van der Waals surface area contributed by atoms with Gasteiger partial charge in [-0.2, -0.15) is 9.97 Å². The number of aromatic nitrogens is 2. The number of ether oxygens (including phenoxy) is 1. The number of nitrogens with zero attached hydrogens (tertiary/aromatic N) is 5. The van der Waals surface area contributed by atoms with Gasteiger partial charge in [0.25, 0.3) is 0 Å². The van der Waals surface area contributed by atoms with Crippen LogP contribution in [0.3, 0.4) is 0 Å². The number of phenols is 1. The summed E-state index contributed by atoms with van der Waals surface area (Å²) in [7, 11) is 0. The Morgan fingerprint density at radius 3 is 2.57 bits per heavy atom. The van der Waals surface area contributed by atoms with E-state index in [1.54, 1.807) is 12.1 Å². The van der Waals surface area contributed by atoms with E-state index in [0.29, 0.717) is 53.4 Å². The van der Waals surface area contributed by atoms with Crippen LogP contribution >= 0.6 is 11.6 Å². The molecule has 4 aliphatic heterocycles. The molecule has 1 saturated carbocycles. The third-order valence-corrected chi connectivity index (χ3v) is 10.9. The minimum Gasteiger partial charge on any atom is -0.508 e. The number of phenolic OH excluding ortho intramolecular Hbond substituents is 1. The monoisotopic (exact) mass is 665 g/mol. The Labute approximate surface area is 279 Å². The van der Waals surface area contributed by atoms with Gasteiger partial charge in [0.15, 0.2) is 5.82 Å². The minimum absolute atomic E-state index is 0.00537. The van der Waals surface area contributed by atoms with E-state index in [0.717, 1.165) is 50.6 Å². The fraction of sp³-hybridized carbons (Fsp3) is 0.528. The molecule has 4 atom stereocenters. The molecular weight excluding hydrogens is 624 g/mol. The summed E-state index contributed by atoms with van der Waals surface area (Å²) in [6.07, 6.45) is 6.33.